The number of benzene rings is 2. The Hall–Kier alpha value is -2.92. The summed E-state index contributed by atoms with van der Waals surface area (Å²) in [7, 11) is 0. The number of rotatable bonds is 4. The number of nitrogens with zero attached hydrogens (tertiary/aromatic N) is 4. The van der Waals surface area contributed by atoms with Gasteiger partial charge >= 0.3 is 0 Å². The summed E-state index contributed by atoms with van der Waals surface area (Å²) in [6.07, 6.45) is 4.42. The lowest BCUT2D eigenvalue weighted by Crippen LogP contribution is -2.48. The third-order valence-electron chi connectivity index (χ3n) is 6.79. The maximum Gasteiger partial charge on any atom is 0.274 e. The van der Waals surface area contributed by atoms with Crippen LogP contribution in [-0.2, 0) is 19.5 Å². The van der Waals surface area contributed by atoms with Crippen LogP contribution in [0.1, 0.15) is 46.6 Å². The van der Waals surface area contributed by atoms with E-state index in [-0.39, 0.29) is 5.91 Å². The first-order chi connectivity index (χ1) is 15.7. The van der Waals surface area contributed by atoms with E-state index in [1.807, 2.05) is 4.90 Å². The van der Waals surface area contributed by atoms with Crippen molar-refractivity contribution in [2.75, 3.05) is 26.2 Å². The number of aryl methyl sites for hydroxylation is 1. The summed E-state index contributed by atoms with van der Waals surface area (Å²) in [5, 5.41) is 0. The third-order valence-corrected chi connectivity index (χ3v) is 6.79. The predicted octanol–water partition coefficient (Wildman–Crippen LogP) is 4.54. The first kappa shape index (κ1) is 21.0. The van der Waals surface area contributed by atoms with E-state index in [0.29, 0.717) is 5.69 Å². The molecular formula is C27H32N4O. The van der Waals surface area contributed by atoms with E-state index < -0.39 is 0 Å². The Labute approximate surface area is 190 Å². The standard InChI is InChI=1S/C27H32N4O/c1-21-11-13-23(14-12-21)26-28-25(24-10-6-3-7-15-31(24)26)27(32)30-18-16-29(17-19-30)20-22-8-4-2-5-9-22/h2,4-5,8-9,11-14H,3,6-7,10,15-20H2,1H3. The van der Waals surface area contributed by atoms with Crippen LogP contribution in [0.3, 0.4) is 0 Å². The minimum Gasteiger partial charge on any atom is -0.335 e. The van der Waals surface area contributed by atoms with Crippen molar-refractivity contribution in [1.29, 1.82) is 0 Å². The predicted molar refractivity (Wildman–Crippen MR) is 128 cm³/mol. The van der Waals surface area contributed by atoms with Crippen LogP contribution in [-0.4, -0.2) is 51.4 Å². The molecule has 0 N–H and O–H groups in total. The van der Waals surface area contributed by atoms with Gasteiger partial charge in [0.25, 0.3) is 5.91 Å². The maximum absolute atomic E-state index is 13.6. The minimum absolute atomic E-state index is 0.105. The van der Waals surface area contributed by atoms with Gasteiger partial charge in [-0.25, -0.2) is 4.98 Å². The zero-order valence-electron chi connectivity index (χ0n) is 19.0. The number of hydrogen-bond donors (Lipinski definition) is 0. The average molecular weight is 429 g/mol. The van der Waals surface area contributed by atoms with Crippen LogP contribution in [0.5, 0.6) is 0 Å². The third kappa shape index (κ3) is 4.35. The van der Waals surface area contributed by atoms with E-state index in [0.717, 1.165) is 75.6 Å². The molecule has 0 bridgehead atoms. The van der Waals surface area contributed by atoms with Gasteiger partial charge in [0.2, 0.25) is 0 Å². The zero-order chi connectivity index (χ0) is 21.9. The van der Waals surface area contributed by atoms with Crippen LogP contribution >= 0.6 is 0 Å². The van der Waals surface area contributed by atoms with Crippen molar-refractivity contribution in [2.24, 2.45) is 0 Å². The Morgan fingerprint density at radius 3 is 2.38 bits per heavy atom. The second kappa shape index (κ2) is 9.29. The lowest BCUT2D eigenvalue weighted by Gasteiger charge is -2.34. The van der Waals surface area contributed by atoms with Crippen LogP contribution in [0.2, 0.25) is 0 Å². The SMILES string of the molecule is Cc1ccc(-c2nc(C(=O)N3CCN(Cc4ccccc4)CC3)c3n2CCCCC3)cc1. The molecule has 2 aromatic carbocycles. The Morgan fingerprint density at radius 1 is 0.875 bits per heavy atom. The molecule has 0 saturated carbocycles. The molecule has 1 amide bonds. The highest BCUT2D eigenvalue weighted by Gasteiger charge is 2.29. The summed E-state index contributed by atoms with van der Waals surface area (Å²) < 4.78 is 2.32. The number of hydrogen-bond acceptors (Lipinski definition) is 3. The van der Waals surface area contributed by atoms with E-state index in [2.05, 4.69) is 71.0 Å². The molecule has 3 aromatic rings. The quantitative estimate of drug-likeness (QED) is 0.613. The fourth-order valence-corrected chi connectivity index (χ4v) is 4.91. The van der Waals surface area contributed by atoms with Crippen LogP contribution in [0.25, 0.3) is 11.4 Å². The molecule has 0 aliphatic carbocycles. The molecular weight excluding hydrogens is 396 g/mol. The number of carbonyl (C=O) groups is 1. The highest BCUT2D eigenvalue weighted by molar-refractivity contribution is 5.94. The van der Waals surface area contributed by atoms with Crippen molar-refractivity contribution in [3.05, 3.63) is 77.1 Å². The molecule has 1 aromatic heterocycles. The number of piperazine rings is 1. The summed E-state index contributed by atoms with van der Waals surface area (Å²) in [5.41, 5.74) is 5.48. The molecule has 0 spiro atoms. The van der Waals surface area contributed by atoms with Crippen LogP contribution in [0.15, 0.2) is 54.6 Å². The van der Waals surface area contributed by atoms with Crippen LogP contribution in [0, 0.1) is 6.92 Å². The molecule has 5 heteroatoms. The van der Waals surface area contributed by atoms with Gasteiger partial charge in [-0.1, -0.05) is 66.6 Å². The number of amides is 1. The fraction of sp³-hybridized carbons (Fsp3) is 0.407. The second-order valence-electron chi connectivity index (χ2n) is 9.11. The Bertz CT molecular complexity index is 1060. The molecule has 0 radical (unpaired) electrons. The zero-order valence-corrected chi connectivity index (χ0v) is 19.0. The molecule has 1 fully saturated rings. The summed E-state index contributed by atoms with van der Waals surface area (Å²) in [6, 6.07) is 19.1. The molecule has 32 heavy (non-hydrogen) atoms. The number of fused-ring (bicyclic) bond motifs is 1. The smallest absolute Gasteiger partial charge is 0.274 e. The Morgan fingerprint density at radius 2 is 1.62 bits per heavy atom. The molecule has 1 saturated heterocycles. The summed E-state index contributed by atoms with van der Waals surface area (Å²) in [6.45, 7) is 7.32. The van der Waals surface area contributed by atoms with Crippen molar-refractivity contribution in [2.45, 2.75) is 45.7 Å². The van der Waals surface area contributed by atoms with Gasteiger partial charge in [0, 0.05) is 44.8 Å². The van der Waals surface area contributed by atoms with E-state index in [1.165, 1.54) is 17.5 Å². The van der Waals surface area contributed by atoms with Gasteiger partial charge in [0.1, 0.15) is 11.5 Å². The number of imidazole rings is 1. The lowest BCUT2D eigenvalue weighted by atomic mass is 10.1. The minimum atomic E-state index is 0.105. The van der Waals surface area contributed by atoms with Gasteiger partial charge in [-0.05, 0) is 31.7 Å². The molecule has 0 atom stereocenters. The Kier molecular flexibility index (Phi) is 6.08. The molecule has 2 aliphatic heterocycles. The number of carbonyl (C=O) groups excluding carboxylic acids is 1. The molecule has 166 valence electrons. The Balaban J connectivity index is 1.35. The first-order valence-corrected chi connectivity index (χ1v) is 11.9. The first-order valence-electron chi connectivity index (χ1n) is 11.9. The van der Waals surface area contributed by atoms with Crippen molar-refractivity contribution < 1.29 is 4.79 Å². The van der Waals surface area contributed by atoms with Gasteiger partial charge < -0.3 is 9.47 Å². The molecule has 5 nitrogen and oxygen atoms in total. The van der Waals surface area contributed by atoms with Crippen LogP contribution in [0.4, 0.5) is 0 Å². The normalized spacial score (nSPS) is 17.1. The van der Waals surface area contributed by atoms with Gasteiger partial charge in [-0.2, -0.15) is 0 Å². The van der Waals surface area contributed by atoms with E-state index in [1.54, 1.807) is 0 Å². The van der Waals surface area contributed by atoms with Gasteiger partial charge in [-0.15, -0.1) is 0 Å². The lowest BCUT2D eigenvalue weighted by molar-refractivity contribution is 0.0622. The monoisotopic (exact) mass is 428 g/mol. The molecule has 0 unspecified atom stereocenters. The van der Waals surface area contributed by atoms with E-state index in [4.69, 9.17) is 4.98 Å². The van der Waals surface area contributed by atoms with Crippen molar-refractivity contribution in [1.82, 2.24) is 19.4 Å². The molecule has 5 rings (SSSR count). The largest absolute Gasteiger partial charge is 0.335 e. The fourth-order valence-electron chi connectivity index (χ4n) is 4.91. The van der Waals surface area contributed by atoms with E-state index >= 15 is 0 Å². The summed E-state index contributed by atoms with van der Waals surface area (Å²) in [5.74, 6) is 1.06. The topological polar surface area (TPSA) is 41.4 Å². The highest BCUT2D eigenvalue weighted by Crippen LogP contribution is 2.28. The second-order valence-corrected chi connectivity index (χ2v) is 9.11. The maximum atomic E-state index is 13.6. The van der Waals surface area contributed by atoms with Crippen molar-refractivity contribution >= 4 is 5.91 Å². The van der Waals surface area contributed by atoms with Gasteiger partial charge in [0.15, 0.2) is 0 Å². The highest BCUT2D eigenvalue weighted by atomic mass is 16.2. The average Bonchev–Trinajstić information content (AvgIpc) is 3.01. The van der Waals surface area contributed by atoms with Crippen LogP contribution < -0.4 is 0 Å². The molecule has 2 aliphatic rings. The summed E-state index contributed by atoms with van der Waals surface area (Å²) in [4.78, 5) is 23.0. The van der Waals surface area contributed by atoms with Gasteiger partial charge in [-0.3, -0.25) is 9.69 Å². The number of aromatic nitrogens is 2. The van der Waals surface area contributed by atoms with E-state index in [9.17, 15) is 4.79 Å². The van der Waals surface area contributed by atoms with Crippen molar-refractivity contribution in [3.63, 3.8) is 0 Å². The summed E-state index contributed by atoms with van der Waals surface area (Å²) >= 11 is 0. The van der Waals surface area contributed by atoms with Crippen molar-refractivity contribution in [3.8, 4) is 11.4 Å². The molecule has 3 heterocycles. The van der Waals surface area contributed by atoms with Gasteiger partial charge in [0.05, 0.1) is 5.69 Å².